The molecule has 0 amide bonds. The molecular formula is C10H18N3O12P3. The van der Waals surface area contributed by atoms with Crippen molar-refractivity contribution in [2.24, 2.45) is 0 Å². The number of hydrogen-bond donors (Lipinski definition) is 6. The van der Waals surface area contributed by atoms with Gasteiger partial charge < -0.3 is 35.2 Å². The molecule has 0 aromatic carbocycles. The molecule has 28 heavy (non-hydrogen) atoms. The van der Waals surface area contributed by atoms with E-state index in [9.17, 15) is 28.5 Å². The van der Waals surface area contributed by atoms with Gasteiger partial charge >= 0.3 is 28.9 Å². The molecule has 0 saturated carbocycles. The number of nitrogens with zero attached hydrogens (tertiary/aromatic N) is 2. The number of nitrogens with two attached hydrogens (primary N) is 1. The fourth-order valence-corrected chi connectivity index (χ4v) is 5.06. The van der Waals surface area contributed by atoms with E-state index in [0.717, 1.165) is 4.57 Å². The van der Waals surface area contributed by atoms with Crippen LogP contribution in [0.3, 0.4) is 0 Å². The maximum Gasteiger partial charge on any atom is 0.488 e. The Morgan fingerprint density at radius 3 is 2.36 bits per heavy atom. The lowest BCUT2D eigenvalue weighted by Gasteiger charge is -2.20. The highest BCUT2D eigenvalue weighted by Crippen LogP contribution is 2.65. The summed E-state index contributed by atoms with van der Waals surface area (Å²) in [5.74, 6) is -0.0517. The molecule has 18 heteroatoms. The molecule has 7 N–H and O–H groups in total. The number of anilines is 1. The van der Waals surface area contributed by atoms with Crippen molar-refractivity contribution in [2.45, 2.75) is 6.04 Å². The molecule has 160 valence electrons. The maximum atomic E-state index is 11.8. The van der Waals surface area contributed by atoms with Crippen LogP contribution in [0.1, 0.15) is 6.04 Å². The summed E-state index contributed by atoms with van der Waals surface area (Å²) in [4.78, 5) is 50.6. The van der Waals surface area contributed by atoms with Crippen molar-refractivity contribution in [3.8, 4) is 0 Å². The molecule has 1 rings (SSSR count). The van der Waals surface area contributed by atoms with Crippen LogP contribution in [0, 0.1) is 0 Å². The van der Waals surface area contributed by atoms with E-state index in [1.165, 1.54) is 12.3 Å². The van der Waals surface area contributed by atoms with Crippen molar-refractivity contribution in [3.63, 3.8) is 0 Å². The number of nitrogen functional groups attached to an aromatic ring is 1. The van der Waals surface area contributed by atoms with Crippen LogP contribution in [-0.2, 0) is 27.1 Å². The summed E-state index contributed by atoms with van der Waals surface area (Å²) in [6, 6.07) is 0.259. The number of phosphoric acid groups is 2. The Labute approximate surface area is 157 Å². The fourth-order valence-electron chi connectivity index (χ4n) is 1.80. The van der Waals surface area contributed by atoms with E-state index in [-0.39, 0.29) is 11.4 Å². The zero-order chi connectivity index (χ0) is 21.8. The lowest BCUT2D eigenvalue weighted by atomic mass is 10.1. The highest BCUT2D eigenvalue weighted by Gasteiger charge is 2.39. The van der Waals surface area contributed by atoms with Crippen molar-refractivity contribution >= 4 is 29.1 Å². The molecular weight excluding hydrogens is 447 g/mol. The number of hydrogen-bond acceptors (Lipinski definition) is 10. The smallest absolute Gasteiger partial charge is 0.394 e. The van der Waals surface area contributed by atoms with Crippen LogP contribution in [0.15, 0.2) is 29.2 Å². The Morgan fingerprint density at radius 1 is 1.25 bits per heavy atom. The predicted octanol–water partition coefficient (Wildman–Crippen LogP) is -0.699. The topological polar surface area (TPSA) is 241 Å². The molecule has 0 radical (unpaired) electrons. The van der Waals surface area contributed by atoms with E-state index in [1.807, 2.05) is 0 Å². The molecule has 0 bridgehead atoms. The van der Waals surface area contributed by atoms with Gasteiger partial charge in [-0.05, 0) is 11.6 Å². The van der Waals surface area contributed by atoms with Crippen LogP contribution in [-0.4, -0.2) is 53.8 Å². The van der Waals surface area contributed by atoms with E-state index in [4.69, 9.17) is 25.2 Å². The summed E-state index contributed by atoms with van der Waals surface area (Å²) < 4.78 is 46.5. The molecule has 15 nitrogen and oxygen atoms in total. The van der Waals surface area contributed by atoms with E-state index in [2.05, 4.69) is 20.2 Å². The predicted molar refractivity (Wildman–Crippen MR) is 92.9 cm³/mol. The first-order valence-electron chi connectivity index (χ1n) is 6.99. The summed E-state index contributed by atoms with van der Waals surface area (Å²) in [5, 5.41) is 9.44. The molecule has 1 aromatic rings. The van der Waals surface area contributed by atoms with Gasteiger partial charge in [-0.15, -0.1) is 0 Å². The normalized spacial score (nSPS) is 17.5. The van der Waals surface area contributed by atoms with Crippen LogP contribution in [0.5, 0.6) is 0 Å². The van der Waals surface area contributed by atoms with Crippen LogP contribution in [0.25, 0.3) is 0 Å². The minimum absolute atomic E-state index is 0.0508. The Balaban J connectivity index is 2.71. The SMILES string of the molecule is C=C(COCP(=O)(O)OP(=O)(O)OP(=O)(O)O)C(CO)n1ccc(N)nc1=O. The van der Waals surface area contributed by atoms with Gasteiger partial charge in [0.15, 0.2) is 0 Å². The van der Waals surface area contributed by atoms with E-state index in [0.29, 0.717) is 0 Å². The van der Waals surface area contributed by atoms with Gasteiger partial charge in [-0.2, -0.15) is 9.29 Å². The first kappa shape index (κ1) is 24.8. The fraction of sp³-hybridized carbons (Fsp3) is 0.400. The molecule has 0 aliphatic heterocycles. The highest BCUT2D eigenvalue weighted by atomic mass is 31.3. The molecule has 0 saturated heterocycles. The second kappa shape index (κ2) is 9.53. The summed E-state index contributed by atoms with van der Waals surface area (Å²) in [6.07, 6.45) is 0.0341. The lowest BCUT2D eigenvalue weighted by molar-refractivity contribution is 0.157. The second-order valence-corrected chi connectivity index (χ2v) is 9.89. The third-order valence-electron chi connectivity index (χ3n) is 2.81. The van der Waals surface area contributed by atoms with E-state index >= 15 is 0 Å². The zero-order valence-corrected chi connectivity index (χ0v) is 16.7. The van der Waals surface area contributed by atoms with E-state index in [1.54, 1.807) is 0 Å². The largest absolute Gasteiger partial charge is 0.488 e. The van der Waals surface area contributed by atoms with Gasteiger partial charge in [-0.3, -0.25) is 9.13 Å². The lowest BCUT2D eigenvalue weighted by Crippen LogP contribution is -2.31. The molecule has 0 fully saturated rings. The molecule has 0 spiro atoms. The number of aromatic nitrogens is 2. The van der Waals surface area contributed by atoms with Crippen molar-refractivity contribution in [1.82, 2.24) is 9.55 Å². The van der Waals surface area contributed by atoms with Gasteiger partial charge in [-0.1, -0.05) is 6.58 Å². The summed E-state index contributed by atoms with van der Waals surface area (Å²) in [6.45, 7) is 2.44. The number of rotatable bonds is 11. The molecule has 3 atom stereocenters. The van der Waals surface area contributed by atoms with Gasteiger partial charge in [0.2, 0.25) is 0 Å². The van der Waals surface area contributed by atoms with Gasteiger partial charge in [0, 0.05) is 6.20 Å². The van der Waals surface area contributed by atoms with Crippen LogP contribution in [0.2, 0.25) is 0 Å². The molecule has 0 aliphatic carbocycles. The van der Waals surface area contributed by atoms with Crippen molar-refractivity contribution in [1.29, 1.82) is 0 Å². The van der Waals surface area contributed by atoms with Gasteiger partial charge in [0.25, 0.3) is 0 Å². The summed E-state index contributed by atoms with van der Waals surface area (Å²) in [7, 11) is -16.0. The van der Waals surface area contributed by atoms with Crippen molar-refractivity contribution in [2.75, 3.05) is 25.3 Å². The monoisotopic (exact) mass is 465 g/mol. The highest BCUT2D eigenvalue weighted by molar-refractivity contribution is 7.68. The molecule has 0 aliphatic rings. The summed E-state index contributed by atoms with van der Waals surface area (Å²) >= 11 is 0. The standard InChI is InChI=1S/C10H18N3O12P3/c1-7(8(4-14)13-3-2-9(11)12-10(13)15)5-23-6-26(16,17)24-28(21,22)25-27(18,19)20/h2-3,8,14H,1,4-6H2,(H,16,17)(H,21,22)(H2,11,12,15)(H2,18,19,20). The van der Waals surface area contributed by atoms with Crippen molar-refractivity contribution in [3.05, 3.63) is 34.9 Å². The first-order chi connectivity index (χ1) is 12.7. The Hall–Kier alpha value is -1.21. The average molecular weight is 465 g/mol. The molecule has 3 unspecified atom stereocenters. The maximum absolute atomic E-state index is 11.8. The molecule has 1 heterocycles. The zero-order valence-electron chi connectivity index (χ0n) is 14.0. The minimum atomic E-state index is -5.57. The van der Waals surface area contributed by atoms with Crippen LogP contribution < -0.4 is 11.4 Å². The van der Waals surface area contributed by atoms with Crippen LogP contribution in [0.4, 0.5) is 5.82 Å². The number of aliphatic hydroxyl groups is 1. The first-order valence-corrected chi connectivity index (χ1v) is 11.8. The minimum Gasteiger partial charge on any atom is -0.394 e. The average Bonchev–Trinajstić information content (AvgIpc) is 2.46. The third-order valence-corrected chi connectivity index (χ3v) is 6.85. The van der Waals surface area contributed by atoms with E-state index < -0.39 is 54.5 Å². The second-order valence-electron chi connectivity index (χ2n) is 5.14. The number of aliphatic hydroxyl groups excluding tert-OH is 1. The van der Waals surface area contributed by atoms with Gasteiger partial charge in [0.1, 0.15) is 12.2 Å². The Kier molecular flexibility index (Phi) is 8.45. The number of ether oxygens (including phenoxy) is 1. The Morgan fingerprint density at radius 2 is 1.86 bits per heavy atom. The molecule has 1 aromatic heterocycles. The van der Waals surface area contributed by atoms with Gasteiger partial charge in [0.05, 0.1) is 19.3 Å². The van der Waals surface area contributed by atoms with Gasteiger partial charge in [-0.25, -0.2) is 18.2 Å². The Bertz CT molecular complexity index is 910. The van der Waals surface area contributed by atoms with Crippen LogP contribution >= 0.6 is 23.2 Å². The quantitative estimate of drug-likeness (QED) is 0.175. The third kappa shape index (κ3) is 8.43. The van der Waals surface area contributed by atoms with Crippen molar-refractivity contribution < 1.29 is 51.7 Å². The summed E-state index contributed by atoms with van der Waals surface area (Å²) in [5.41, 5.74) is 4.60.